The summed E-state index contributed by atoms with van der Waals surface area (Å²) in [6, 6.07) is 7.75. The number of Topliss-reactive ketones (excluding diaryl/α,β-unsaturated/α-hetero) is 1. The molecule has 0 bridgehead atoms. The van der Waals surface area contributed by atoms with Gasteiger partial charge in [0.25, 0.3) is 0 Å². The number of rotatable bonds is 6. The van der Waals surface area contributed by atoms with E-state index in [1.165, 1.54) is 30.1 Å². The maximum atomic E-state index is 12.8. The van der Waals surface area contributed by atoms with Gasteiger partial charge in [0.05, 0.1) is 18.6 Å². The lowest BCUT2D eigenvalue weighted by Gasteiger charge is -2.05. The van der Waals surface area contributed by atoms with E-state index >= 15 is 0 Å². The molecule has 0 aliphatic carbocycles. The summed E-state index contributed by atoms with van der Waals surface area (Å²) in [7, 11) is 0. The van der Waals surface area contributed by atoms with E-state index < -0.39 is 0 Å². The molecule has 0 N–H and O–H groups in total. The van der Waals surface area contributed by atoms with Crippen molar-refractivity contribution in [3.05, 3.63) is 54.1 Å². The van der Waals surface area contributed by atoms with Crippen LogP contribution in [0, 0.1) is 5.82 Å². The van der Waals surface area contributed by atoms with Gasteiger partial charge in [-0.1, -0.05) is 0 Å². The van der Waals surface area contributed by atoms with Crippen LogP contribution in [0.2, 0.25) is 0 Å². The van der Waals surface area contributed by atoms with Gasteiger partial charge in [-0.15, -0.1) is 11.8 Å². The van der Waals surface area contributed by atoms with Crippen LogP contribution in [0.15, 0.2) is 47.6 Å². The third-order valence-electron chi connectivity index (χ3n) is 2.53. The predicted molar refractivity (Wildman–Crippen MR) is 76.9 cm³/mol. The standard InChI is InChI=1S/C15H14FNO2S/c1-2-19-13-7-11(8-17-9-13)15(18)10-20-14-5-3-12(16)4-6-14/h3-9H,2,10H2,1H3. The minimum atomic E-state index is -0.283. The molecule has 0 atom stereocenters. The highest BCUT2D eigenvalue weighted by molar-refractivity contribution is 8.00. The zero-order chi connectivity index (χ0) is 14.4. The van der Waals surface area contributed by atoms with Crippen LogP contribution in [0.1, 0.15) is 17.3 Å². The number of hydrogen-bond donors (Lipinski definition) is 0. The van der Waals surface area contributed by atoms with Gasteiger partial charge in [0.15, 0.2) is 5.78 Å². The Kier molecular flexibility index (Phi) is 5.12. The number of thioether (sulfide) groups is 1. The SMILES string of the molecule is CCOc1cncc(C(=O)CSc2ccc(F)cc2)c1. The van der Waals surface area contributed by atoms with Gasteiger partial charge in [0.2, 0.25) is 0 Å². The van der Waals surface area contributed by atoms with Gasteiger partial charge in [0, 0.05) is 16.7 Å². The van der Waals surface area contributed by atoms with Crippen molar-refractivity contribution in [2.24, 2.45) is 0 Å². The molecule has 0 fully saturated rings. The van der Waals surface area contributed by atoms with Gasteiger partial charge >= 0.3 is 0 Å². The molecule has 0 saturated heterocycles. The summed E-state index contributed by atoms with van der Waals surface area (Å²) in [6.45, 7) is 2.41. The van der Waals surface area contributed by atoms with E-state index in [4.69, 9.17) is 4.74 Å². The van der Waals surface area contributed by atoms with Crippen LogP contribution in [0.4, 0.5) is 4.39 Å². The summed E-state index contributed by atoms with van der Waals surface area (Å²) in [4.78, 5) is 16.9. The van der Waals surface area contributed by atoms with E-state index in [9.17, 15) is 9.18 Å². The Morgan fingerprint density at radius 1 is 1.30 bits per heavy atom. The molecule has 2 aromatic rings. The molecule has 104 valence electrons. The van der Waals surface area contributed by atoms with E-state index in [-0.39, 0.29) is 17.4 Å². The summed E-state index contributed by atoms with van der Waals surface area (Å²) in [5.74, 6) is 0.552. The number of ether oxygens (including phenoxy) is 1. The lowest BCUT2D eigenvalue weighted by atomic mass is 10.2. The third-order valence-corrected chi connectivity index (χ3v) is 3.54. The number of carbonyl (C=O) groups excluding carboxylic acids is 1. The molecule has 0 saturated carbocycles. The van der Waals surface area contributed by atoms with Crippen LogP contribution in [0.5, 0.6) is 5.75 Å². The second-order valence-corrected chi connectivity index (χ2v) is 5.06. The molecule has 0 spiro atoms. The van der Waals surface area contributed by atoms with E-state index in [1.54, 1.807) is 24.4 Å². The molecule has 1 heterocycles. The second kappa shape index (κ2) is 7.05. The van der Waals surface area contributed by atoms with Gasteiger partial charge < -0.3 is 4.74 Å². The van der Waals surface area contributed by atoms with E-state index in [2.05, 4.69) is 4.98 Å². The normalized spacial score (nSPS) is 10.3. The number of carbonyl (C=O) groups is 1. The fraction of sp³-hybridized carbons (Fsp3) is 0.200. The van der Waals surface area contributed by atoms with Gasteiger partial charge in [-0.3, -0.25) is 9.78 Å². The van der Waals surface area contributed by atoms with E-state index in [0.29, 0.717) is 17.9 Å². The molecule has 0 unspecified atom stereocenters. The molecule has 3 nitrogen and oxygen atoms in total. The molecule has 0 aliphatic rings. The van der Waals surface area contributed by atoms with Crippen molar-refractivity contribution in [3.63, 3.8) is 0 Å². The van der Waals surface area contributed by atoms with Gasteiger partial charge in [-0.2, -0.15) is 0 Å². The fourth-order valence-electron chi connectivity index (χ4n) is 1.58. The van der Waals surface area contributed by atoms with Crippen LogP contribution >= 0.6 is 11.8 Å². The number of benzene rings is 1. The first-order valence-corrected chi connectivity index (χ1v) is 7.17. The predicted octanol–water partition coefficient (Wildman–Crippen LogP) is 3.59. The largest absolute Gasteiger partial charge is 0.492 e. The minimum Gasteiger partial charge on any atom is -0.492 e. The summed E-state index contributed by atoms with van der Waals surface area (Å²) in [5, 5.41) is 0. The average molecular weight is 291 g/mol. The van der Waals surface area contributed by atoms with Crippen molar-refractivity contribution >= 4 is 17.5 Å². The van der Waals surface area contributed by atoms with Crippen LogP contribution < -0.4 is 4.74 Å². The fourth-order valence-corrected chi connectivity index (χ4v) is 2.37. The highest BCUT2D eigenvalue weighted by atomic mass is 32.2. The van der Waals surface area contributed by atoms with Crippen molar-refractivity contribution in [1.82, 2.24) is 4.98 Å². The number of ketones is 1. The Bertz CT molecular complexity index is 587. The summed E-state index contributed by atoms with van der Waals surface area (Å²) in [5.41, 5.74) is 0.519. The molecule has 0 radical (unpaired) electrons. The Balaban J connectivity index is 1.97. The maximum Gasteiger partial charge on any atom is 0.174 e. The smallest absolute Gasteiger partial charge is 0.174 e. The maximum absolute atomic E-state index is 12.8. The molecule has 2 rings (SSSR count). The summed E-state index contributed by atoms with van der Waals surface area (Å²) < 4.78 is 18.1. The number of aromatic nitrogens is 1. The highest BCUT2D eigenvalue weighted by Crippen LogP contribution is 2.20. The first kappa shape index (κ1) is 14.5. The zero-order valence-corrected chi connectivity index (χ0v) is 11.8. The Morgan fingerprint density at radius 2 is 2.05 bits per heavy atom. The van der Waals surface area contributed by atoms with Gasteiger partial charge in [0.1, 0.15) is 11.6 Å². The Hall–Kier alpha value is -1.88. The first-order valence-electron chi connectivity index (χ1n) is 6.18. The van der Waals surface area contributed by atoms with Crippen molar-refractivity contribution < 1.29 is 13.9 Å². The van der Waals surface area contributed by atoms with Crippen LogP contribution in [0.3, 0.4) is 0 Å². The first-order chi connectivity index (χ1) is 9.69. The number of pyridine rings is 1. The topological polar surface area (TPSA) is 39.2 Å². The number of hydrogen-bond acceptors (Lipinski definition) is 4. The molecule has 0 aliphatic heterocycles. The van der Waals surface area contributed by atoms with Crippen molar-refractivity contribution in [1.29, 1.82) is 0 Å². The molecule has 0 amide bonds. The monoisotopic (exact) mass is 291 g/mol. The third kappa shape index (κ3) is 4.06. The zero-order valence-electron chi connectivity index (χ0n) is 11.0. The summed E-state index contributed by atoms with van der Waals surface area (Å²) in [6.07, 6.45) is 3.10. The minimum absolute atomic E-state index is 0.0339. The average Bonchev–Trinajstić information content (AvgIpc) is 2.47. The molecular formula is C15H14FNO2S. The molecular weight excluding hydrogens is 277 g/mol. The highest BCUT2D eigenvalue weighted by Gasteiger charge is 2.08. The van der Waals surface area contributed by atoms with Crippen molar-refractivity contribution in [2.75, 3.05) is 12.4 Å². The summed E-state index contributed by atoms with van der Waals surface area (Å²) >= 11 is 1.37. The molecule has 1 aromatic heterocycles. The molecule has 20 heavy (non-hydrogen) atoms. The lowest BCUT2D eigenvalue weighted by molar-refractivity contribution is 0.102. The van der Waals surface area contributed by atoms with E-state index in [1.807, 2.05) is 6.92 Å². The van der Waals surface area contributed by atoms with Gasteiger partial charge in [-0.05, 0) is 37.3 Å². The van der Waals surface area contributed by atoms with E-state index in [0.717, 1.165) is 4.90 Å². The Morgan fingerprint density at radius 3 is 2.75 bits per heavy atom. The molecule has 1 aromatic carbocycles. The number of nitrogens with zero attached hydrogens (tertiary/aromatic N) is 1. The lowest BCUT2D eigenvalue weighted by Crippen LogP contribution is -2.04. The van der Waals surface area contributed by atoms with Crippen LogP contribution in [0.25, 0.3) is 0 Å². The van der Waals surface area contributed by atoms with Gasteiger partial charge in [-0.25, -0.2) is 4.39 Å². The van der Waals surface area contributed by atoms with Crippen molar-refractivity contribution in [2.45, 2.75) is 11.8 Å². The molecule has 5 heteroatoms. The van der Waals surface area contributed by atoms with Crippen LogP contribution in [-0.4, -0.2) is 23.1 Å². The second-order valence-electron chi connectivity index (χ2n) is 4.01. The van der Waals surface area contributed by atoms with Crippen molar-refractivity contribution in [3.8, 4) is 5.75 Å². The number of halogens is 1. The quantitative estimate of drug-likeness (QED) is 0.602. The van der Waals surface area contributed by atoms with Crippen LogP contribution in [-0.2, 0) is 0 Å². The Labute approximate surface area is 121 Å².